The lowest BCUT2D eigenvalue weighted by atomic mass is 9.95. The Balaban J connectivity index is 3.15. The molecule has 1 rings (SSSR count). The first-order valence-electron chi connectivity index (χ1n) is 6.53. The molecule has 0 aliphatic heterocycles. The van der Waals surface area contributed by atoms with Gasteiger partial charge in [0.1, 0.15) is 5.69 Å². The Morgan fingerprint density at radius 3 is 2.37 bits per heavy atom. The summed E-state index contributed by atoms with van der Waals surface area (Å²) in [5, 5.41) is 2.88. The summed E-state index contributed by atoms with van der Waals surface area (Å²) in [7, 11) is 1.56. The Bertz CT molecular complexity index is 474. The number of aromatic nitrogens is 1. The van der Waals surface area contributed by atoms with Gasteiger partial charge in [0, 0.05) is 5.41 Å². The highest BCUT2D eigenvalue weighted by Crippen LogP contribution is 2.29. The lowest BCUT2D eigenvalue weighted by molar-refractivity contribution is -0.123. The van der Waals surface area contributed by atoms with Crippen LogP contribution in [0.5, 0.6) is 5.88 Å². The number of carbonyl (C=O) groups excluding carboxylic acids is 1. The molecule has 0 atom stereocenters. The molecule has 0 aliphatic carbocycles. The number of nitrogens with one attached hydrogen (secondary N) is 1. The van der Waals surface area contributed by atoms with Crippen molar-refractivity contribution in [2.24, 2.45) is 5.41 Å². The van der Waals surface area contributed by atoms with E-state index < -0.39 is 5.41 Å². The maximum absolute atomic E-state index is 12.0. The fourth-order valence-corrected chi connectivity index (χ4v) is 1.75. The van der Waals surface area contributed by atoms with Crippen molar-refractivity contribution in [2.45, 2.75) is 47.5 Å². The fourth-order valence-electron chi connectivity index (χ4n) is 1.75. The Morgan fingerprint density at radius 1 is 1.37 bits per heavy atom. The van der Waals surface area contributed by atoms with Gasteiger partial charge >= 0.3 is 0 Å². The molecule has 106 valence electrons. The number of rotatable bonds is 3. The number of nitrogens with zero attached hydrogens (tertiary/aromatic N) is 1. The van der Waals surface area contributed by atoms with Crippen LogP contribution in [0.3, 0.4) is 0 Å². The Morgan fingerprint density at radius 2 is 1.95 bits per heavy atom. The summed E-state index contributed by atoms with van der Waals surface area (Å²) >= 11 is 0. The zero-order valence-electron chi connectivity index (χ0n) is 12.9. The van der Waals surface area contributed by atoms with E-state index in [1.807, 2.05) is 33.8 Å². The minimum absolute atomic E-state index is 0.0516. The standard InChI is InChI=1S/C15H24N2O2/c1-9(2)12-10(3)8-11(13(17-12)19-7)16-14(18)15(4,5)6/h8-9H,1-7H3,(H,16,18). The molecule has 0 unspecified atom stereocenters. The van der Waals surface area contributed by atoms with E-state index >= 15 is 0 Å². The molecule has 0 aliphatic rings. The molecule has 0 bridgehead atoms. The number of hydrogen-bond acceptors (Lipinski definition) is 3. The van der Waals surface area contributed by atoms with Gasteiger partial charge in [0.05, 0.1) is 12.8 Å². The highest BCUT2D eigenvalue weighted by atomic mass is 16.5. The molecule has 1 amide bonds. The van der Waals surface area contributed by atoms with Gasteiger partial charge < -0.3 is 10.1 Å². The quantitative estimate of drug-likeness (QED) is 0.909. The summed E-state index contributed by atoms with van der Waals surface area (Å²) in [4.78, 5) is 16.5. The second-order valence-corrected chi connectivity index (χ2v) is 6.11. The van der Waals surface area contributed by atoms with Crippen LogP contribution in [0.1, 0.15) is 51.8 Å². The molecule has 0 saturated carbocycles. The zero-order chi connectivity index (χ0) is 14.8. The first kappa shape index (κ1) is 15.5. The summed E-state index contributed by atoms with van der Waals surface area (Å²) < 4.78 is 5.28. The van der Waals surface area contributed by atoms with Crippen LogP contribution in [-0.2, 0) is 4.79 Å². The van der Waals surface area contributed by atoms with Crippen molar-refractivity contribution in [3.05, 3.63) is 17.3 Å². The molecular weight excluding hydrogens is 240 g/mol. The normalized spacial score (nSPS) is 11.6. The average Bonchev–Trinajstić information content (AvgIpc) is 2.27. The van der Waals surface area contributed by atoms with Crippen molar-refractivity contribution in [1.82, 2.24) is 4.98 Å². The van der Waals surface area contributed by atoms with Crippen molar-refractivity contribution in [3.63, 3.8) is 0 Å². The number of hydrogen-bond donors (Lipinski definition) is 1. The van der Waals surface area contributed by atoms with E-state index in [1.165, 1.54) is 0 Å². The molecule has 19 heavy (non-hydrogen) atoms. The van der Waals surface area contributed by atoms with Crippen LogP contribution < -0.4 is 10.1 Å². The predicted octanol–water partition coefficient (Wildman–Crippen LogP) is 3.51. The molecule has 0 spiro atoms. The average molecular weight is 264 g/mol. The zero-order valence-corrected chi connectivity index (χ0v) is 12.9. The first-order valence-corrected chi connectivity index (χ1v) is 6.53. The number of ether oxygens (including phenoxy) is 1. The molecule has 1 heterocycles. The number of carbonyl (C=O) groups is 1. The fraction of sp³-hybridized carbons (Fsp3) is 0.600. The molecule has 0 saturated heterocycles. The van der Waals surface area contributed by atoms with E-state index in [2.05, 4.69) is 24.1 Å². The highest BCUT2D eigenvalue weighted by Gasteiger charge is 2.23. The first-order chi connectivity index (χ1) is 8.66. The van der Waals surface area contributed by atoms with Crippen LogP contribution >= 0.6 is 0 Å². The lowest BCUT2D eigenvalue weighted by Gasteiger charge is -2.20. The van der Waals surface area contributed by atoms with E-state index in [-0.39, 0.29) is 5.91 Å². The number of anilines is 1. The minimum Gasteiger partial charge on any atom is -0.480 e. The van der Waals surface area contributed by atoms with Crippen LogP contribution in [0.15, 0.2) is 6.07 Å². The van der Waals surface area contributed by atoms with E-state index in [0.717, 1.165) is 11.3 Å². The third-order valence-corrected chi connectivity index (χ3v) is 2.89. The van der Waals surface area contributed by atoms with E-state index in [0.29, 0.717) is 17.5 Å². The number of methoxy groups -OCH3 is 1. The molecule has 0 fully saturated rings. The number of amides is 1. The molecule has 4 nitrogen and oxygen atoms in total. The lowest BCUT2D eigenvalue weighted by Crippen LogP contribution is -2.28. The maximum Gasteiger partial charge on any atom is 0.237 e. The predicted molar refractivity (Wildman–Crippen MR) is 77.7 cm³/mol. The highest BCUT2D eigenvalue weighted by molar-refractivity contribution is 5.95. The van der Waals surface area contributed by atoms with Gasteiger partial charge in [-0.25, -0.2) is 4.98 Å². The molecule has 1 aromatic rings. The van der Waals surface area contributed by atoms with E-state index in [4.69, 9.17) is 4.74 Å². The van der Waals surface area contributed by atoms with Gasteiger partial charge in [0.15, 0.2) is 0 Å². The monoisotopic (exact) mass is 264 g/mol. The number of pyridine rings is 1. The summed E-state index contributed by atoms with van der Waals surface area (Å²) in [5.74, 6) is 0.734. The minimum atomic E-state index is -0.449. The van der Waals surface area contributed by atoms with Gasteiger partial charge in [-0.05, 0) is 24.5 Å². The van der Waals surface area contributed by atoms with Crippen LogP contribution in [-0.4, -0.2) is 18.0 Å². The van der Waals surface area contributed by atoms with E-state index in [1.54, 1.807) is 7.11 Å². The Kier molecular flexibility index (Phi) is 4.56. The van der Waals surface area contributed by atoms with Crippen LogP contribution in [0.25, 0.3) is 0 Å². The summed E-state index contributed by atoms with van der Waals surface area (Å²) in [6.45, 7) is 11.8. The van der Waals surface area contributed by atoms with Crippen LogP contribution in [0.2, 0.25) is 0 Å². The molecule has 1 aromatic heterocycles. The van der Waals surface area contributed by atoms with Gasteiger partial charge in [0.2, 0.25) is 11.8 Å². The molecular formula is C15H24N2O2. The summed E-state index contributed by atoms with van der Waals surface area (Å²) in [5.41, 5.74) is 2.23. The number of aryl methyl sites for hydroxylation is 1. The SMILES string of the molecule is COc1nc(C(C)C)c(C)cc1NC(=O)C(C)(C)C. The van der Waals surface area contributed by atoms with Crippen molar-refractivity contribution in [3.8, 4) is 5.88 Å². The second-order valence-electron chi connectivity index (χ2n) is 6.11. The van der Waals surface area contributed by atoms with Gasteiger partial charge in [-0.15, -0.1) is 0 Å². The molecule has 4 heteroatoms. The largest absolute Gasteiger partial charge is 0.480 e. The van der Waals surface area contributed by atoms with Crippen molar-refractivity contribution < 1.29 is 9.53 Å². The van der Waals surface area contributed by atoms with Crippen LogP contribution in [0.4, 0.5) is 5.69 Å². The third kappa shape index (κ3) is 3.69. The second kappa shape index (κ2) is 5.59. The van der Waals surface area contributed by atoms with Gasteiger partial charge in [0.25, 0.3) is 0 Å². The van der Waals surface area contributed by atoms with E-state index in [9.17, 15) is 4.79 Å². The Hall–Kier alpha value is -1.58. The van der Waals surface area contributed by atoms with Gasteiger partial charge in [-0.3, -0.25) is 4.79 Å². The topological polar surface area (TPSA) is 51.2 Å². The summed E-state index contributed by atoms with van der Waals surface area (Å²) in [6, 6.07) is 1.92. The maximum atomic E-state index is 12.0. The third-order valence-electron chi connectivity index (χ3n) is 2.89. The van der Waals surface area contributed by atoms with Gasteiger partial charge in [-0.2, -0.15) is 0 Å². The van der Waals surface area contributed by atoms with Crippen molar-refractivity contribution >= 4 is 11.6 Å². The van der Waals surface area contributed by atoms with Crippen molar-refractivity contribution in [2.75, 3.05) is 12.4 Å². The Labute approximate surface area is 115 Å². The molecule has 0 aromatic carbocycles. The van der Waals surface area contributed by atoms with Crippen molar-refractivity contribution in [1.29, 1.82) is 0 Å². The van der Waals surface area contributed by atoms with Crippen LogP contribution in [0, 0.1) is 12.3 Å². The van der Waals surface area contributed by atoms with Gasteiger partial charge in [-0.1, -0.05) is 34.6 Å². The summed E-state index contributed by atoms with van der Waals surface area (Å²) in [6.07, 6.45) is 0. The smallest absolute Gasteiger partial charge is 0.237 e. The molecule has 0 radical (unpaired) electrons. The molecule has 1 N–H and O–H groups in total.